The van der Waals surface area contributed by atoms with Crippen LogP contribution in [0.5, 0.6) is 0 Å². The van der Waals surface area contributed by atoms with Crippen LogP contribution in [0.4, 0.5) is 0 Å². The molecule has 5 nitrogen and oxygen atoms in total. The van der Waals surface area contributed by atoms with Crippen LogP contribution >= 0.6 is 0 Å². The van der Waals surface area contributed by atoms with Crippen molar-refractivity contribution in [1.29, 1.82) is 0 Å². The fourth-order valence-electron chi connectivity index (χ4n) is 5.23. The van der Waals surface area contributed by atoms with Gasteiger partial charge in [-0.3, -0.25) is 4.79 Å². The zero-order chi connectivity index (χ0) is 18.3. The highest BCUT2D eigenvalue weighted by molar-refractivity contribution is 5.78. The molecule has 1 aromatic carbocycles. The number of benzene rings is 1. The predicted molar refractivity (Wildman–Crippen MR) is 97.6 cm³/mol. The number of piperidine rings is 1. The van der Waals surface area contributed by atoms with Gasteiger partial charge in [-0.05, 0) is 12.0 Å². The number of unbranched alkanes of at least 4 members (excludes halogenated alkanes) is 1. The number of morpholine rings is 1. The molecule has 0 amide bonds. The first-order valence-electron chi connectivity index (χ1n) is 9.95. The average Bonchev–Trinajstić information content (AvgIpc) is 3.40. The summed E-state index contributed by atoms with van der Waals surface area (Å²) < 4.78 is 12.9. The van der Waals surface area contributed by atoms with E-state index in [0.29, 0.717) is 24.3 Å². The number of likely N-dealkylation sites (N-methyl/N-ethyl adjacent to an activating group) is 1. The maximum atomic E-state index is 12.7. The topological polar surface area (TPSA) is 59.1 Å². The molecular weight excluding hydrogens is 330 g/mol. The Morgan fingerprint density at radius 3 is 2.50 bits per heavy atom. The van der Waals surface area contributed by atoms with Crippen LogP contribution in [0.25, 0.3) is 0 Å². The molecule has 4 rings (SSSR count). The van der Waals surface area contributed by atoms with Crippen molar-refractivity contribution in [2.24, 2.45) is 0 Å². The molecule has 1 N–H and O–H groups in total. The molecule has 0 spiro atoms. The third-order valence-corrected chi connectivity index (χ3v) is 6.79. The van der Waals surface area contributed by atoms with Crippen LogP contribution in [0.15, 0.2) is 30.3 Å². The van der Waals surface area contributed by atoms with E-state index in [4.69, 9.17) is 9.47 Å². The van der Waals surface area contributed by atoms with Crippen LogP contribution in [0.1, 0.15) is 44.1 Å². The highest BCUT2D eigenvalue weighted by Gasteiger charge is 2.71. The van der Waals surface area contributed by atoms with Gasteiger partial charge in [0.1, 0.15) is 36.3 Å². The Bertz CT molecular complexity index is 631. The molecule has 1 aromatic rings. The standard InChI is InChI=1S/C21H30NO4/c1-3-4-10-22(2)17-11-15(12-18(22)20-19(17)26-20)25-21(24)16(13-23)14-8-6-5-7-9-14/h5-9,15-20,23H,3-4,10-13H2,1-2H3/q+1/t15?,16-,17-,18-,19-,20+,22?/m0/s1. The zero-order valence-electron chi connectivity index (χ0n) is 15.7. The Hall–Kier alpha value is -1.43. The molecule has 26 heavy (non-hydrogen) atoms. The molecule has 3 fully saturated rings. The second-order valence-electron chi connectivity index (χ2n) is 8.30. The average molecular weight is 360 g/mol. The molecule has 142 valence electrons. The van der Waals surface area contributed by atoms with Crippen LogP contribution in [0.2, 0.25) is 0 Å². The van der Waals surface area contributed by atoms with Gasteiger partial charge < -0.3 is 19.1 Å². The van der Waals surface area contributed by atoms with E-state index in [-0.39, 0.29) is 18.7 Å². The number of fused-ring (bicyclic) bond motifs is 5. The van der Waals surface area contributed by atoms with Gasteiger partial charge >= 0.3 is 5.97 Å². The number of epoxide rings is 1. The number of quaternary nitrogens is 1. The highest BCUT2D eigenvalue weighted by Crippen LogP contribution is 2.52. The highest BCUT2D eigenvalue weighted by atomic mass is 16.6. The largest absolute Gasteiger partial charge is 0.461 e. The smallest absolute Gasteiger partial charge is 0.316 e. The normalized spacial score (nSPS) is 38.5. The summed E-state index contributed by atoms with van der Waals surface area (Å²) >= 11 is 0. The van der Waals surface area contributed by atoms with Gasteiger partial charge in [-0.2, -0.15) is 0 Å². The molecule has 0 radical (unpaired) electrons. The number of ether oxygens (including phenoxy) is 2. The summed E-state index contributed by atoms with van der Waals surface area (Å²) in [4.78, 5) is 12.7. The molecular formula is C21H30NO4+. The molecule has 0 aromatic heterocycles. The summed E-state index contributed by atoms with van der Waals surface area (Å²) in [7, 11) is 2.36. The molecule has 7 atom stereocenters. The van der Waals surface area contributed by atoms with Crippen molar-refractivity contribution in [1.82, 2.24) is 0 Å². The minimum absolute atomic E-state index is 0.0560. The summed E-state index contributed by atoms with van der Waals surface area (Å²) in [5, 5.41) is 9.70. The molecule has 0 aliphatic carbocycles. The van der Waals surface area contributed by atoms with Gasteiger partial charge in [0.05, 0.1) is 20.2 Å². The quantitative estimate of drug-likeness (QED) is 0.460. The second kappa shape index (κ2) is 6.95. The number of rotatable bonds is 7. The van der Waals surface area contributed by atoms with E-state index >= 15 is 0 Å². The molecule has 3 heterocycles. The van der Waals surface area contributed by atoms with Crippen LogP contribution in [-0.4, -0.2) is 66.2 Å². The molecule has 3 aliphatic rings. The molecule has 3 saturated heterocycles. The summed E-state index contributed by atoms with van der Waals surface area (Å²) in [5.41, 5.74) is 0.813. The molecule has 2 bridgehead atoms. The van der Waals surface area contributed by atoms with Crippen molar-refractivity contribution in [3.63, 3.8) is 0 Å². The fraction of sp³-hybridized carbons (Fsp3) is 0.667. The number of esters is 1. The molecule has 5 heteroatoms. The van der Waals surface area contributed by atoms with Crippen molar-refractivity contribution in [3.05, 3.63) is 35.9 Å². The first-order chi connectivity index (χ1) is 12.6. The van der Waals surface area contributed by atoms with E-state index in [1.54, 1.807) is 0 Å². The number of hydrogen-bond acceptors (Lipinski definition) is 4. The minimum Gasteiger partial charge on any atom is -0.461 e. The fourth-order valence-corrected chi connectivity index (χ4v) is 5.23. The molecule has 2 unspecified atom stereocenters. The van der Waals surface area contributed by atoms with Gasteiger partial charge in [-0.25, -0.2) is 0 Å². The van der Waals surface area contributed by atoms with E-state index in [1.807, 2.05) is 30.3 Å². The SMILES string of the molecule is CCCC[N+]1(C)[C@H]2CC(OC(=O)[C@@H](CO)c3ccccc3)C[C@H]1[C@H]1O[C@H]12. The third kappa shape index (κ3) is 2.96. The second-order valence-corrected chi connectivity index (χ2v) is 8.30. The zero-order valence-corrected chi connectivity index (χ0v) is 15.7. The maximum Gasteiger partial charge on any atom is 0.316 e. The van der Waals surface area contributed by atoms with E-state index in [0.717, 1.165) is 22.9 Å². The van der Waals surface area contributed by atoms with Crippen LogP contribution in [-0.2, 0) is 14.3 Å². The van der Waals surface area contributed by atoms with Gasteiger partial charge in [0.15, 0.2) is 0 Å². The van der Waals surface area contributed by atoms with Crippen LogP contribution in [0, 0.1) is 0 Å². The number of aliphatic hydroxyl groups is 1. The van der Waals surface area contributed by atoms with Gasteiger partial charge in [0.2, 0.25) is 0 Å². The number of hydrogen-bond donors (Lipinski definition) is 1. The van der Waals surface area contributed by atoms with E-state index < -0.39 is 5.92 Å². The lowest BCUT2D eigenvalue weighted by molar-refractivity contribution is -0.956. The Labute approximate surface area is 155 Å². The van der Waals surface area contributed by atoms with Crippen molar-refractivity contribution in [3.8, 4) is 0 Å². The first-order valence-corrected chi connectivity index (χ1v) is 9.95. The Morgan fingerprint density at radius 1 is 1.27 bits per heavy atom. The van der Waals surface area contributed by atoms with Gasteiger partial charge in [-0.15, -0.1) is 0 Å². The number of carbonyl (C=O) groups is 1. The van der Waals surface area contributed by atoms with Crippen molar-refractivity contribution in [2.75, 3.05) is 20.2 Å². The summed E-state index contributed by atoms with van der Waals surface area (Å²) in [6.07, 6.45) is 4.83. The van der Waals surface area contributed by atoms with Gasteiger partial charge in [0, 0.05) is 12.8 Å². The van der Waals surface area contributed by atoms with Crippen LogP contribution in [0.3, 0.4) is 0 Å². The lowest BCUT2D eigenvalue weighted by Crippen LogP contribution is -2.62. The lowest BCUT2D eigenvalue weighted by Gasteiger charge is -2.48. The Morgan fingerprint density at radius 2 is 1.92 bits per heavy atom. The Kier molecular flexibility index (Phi) is 4.80. The predicted octanol–water partition coefficient (Wildman–Crippen LogP) is 2.23. The van der Waals surface area contributed by atoms with E-state index in [2.05, 4.69) is 14.0 Å². The summed E-state index contributed by atoms with van der Waals surface area (Å²) in [6.45, 7) is 3.20. The van der Waals surface area contributed by atoms with Crippen molar-refractivity contribution < 1.29 is 23.9 Å². The number of nitrogens with zero attached hydrogens (tertiary/aromatic N) is 1. The lowest BCUT2D eigenvalue weighted by atomic mass is 9.94. The number of aliphatic hydroxyl groups excluding tert-OH is 1. The first kappa shape index (κ1) is 18.0. The molecule has 3 aliphatic heterocycles. The van der Waals surface area contributed by atoms with E-state index in [1.165, 1.54) is 19.4 Å². The van der Waals surface area contributed by atoms with Gasteiger partial charge in [0.25, 0.3) is 0 Å². The Balaban J connectivity index is 1.42. The monoisotopic (exact) mass is 360 g/mol. The summed E-state index contributed by atoms with van der Waals surface area (Å²) in [6, 6.07) is 10.3. The third-order valence-electron chi connectivity index (χ3n) is 6.79. The van der Waals surface area contributed by atoms with Crippen molar-refractivity contribution >= 4 is 5.97 Å². The summed E-state index contributed by atoms with van der Waals surface area (Å²) in [5.74, 6) is -0.898. The van der Waals surface area contributed by atoms with Crippen LogP contribution < -0.4 is 0 Å². The minimum atomic E-state index is -0.595. The van der Waals surface area contributed by atoms with E-state index in [9.17, 15) is 9.90 Å². The van der Waals surface area contributed by atoms with Crippen molar-refractivity contribution in [2.45, 2.75) is 68.9 Å². The maximum absolute atomic E-state index is 12.7. The van der Waals surface area contributed by atoms with Gasteiger partial charge in [-0.1, -0.05) is 43.7 Å². The molecule has 0 saturated carbocycles. The number of carbonyl (C=O) groups excluding carboxylic acids is 1.